The summed E-state index contributed by atoms with van der Waals surface area (Å²) in [7, 11) is 0. The van der Waals surface area contributed by atoms with Crippen molar-refractivity contribution in [1.29, 1.82) is 0 Å². The van der Waals surface area contributed by atoms with E-state index < -0.39 is 5.97 Å². The monoisotopic (exact) mass is 198 g/mol. The lowest BCUT2D eigenvalue weighted by Crippen LogP contribution is -2.33. The molecule has 0 heterocycles. The molecule has 0 aromatic heterocycles. The summed E-state index contributed by atoms with van der Waals surface area (Å²) in [6, 6.07) is 0. The molecule has 0 spiro atoms. The summed E-state index contributed by atoms with van der Waals surface area (Å²) in [6.07, 6.45) is 4.30. The summed E-state index contributed by atoms with van der Waals surface area (Å²) in [6.45, 7) is 6.59. The summed E-state index contributed by atoms with van der Waals surface area (Å²) in [5.74, 6) is 0.876. The van der Waals surface area contributed by atoms with Gasteiger partial charge < -0.3 is 5.11 Å². The maximum atomic E-state index is 11.1. The van der Waals surface area contributed by atoms with Gasteiger partial charge in [0.25, 0.3) is 0 Å². The molecule has 1 fully saturated rings. The van der Waals surface area contributed by atoms with Gasteiger partial charge in [-0.05, 0) is 30.6 Å². The van der Waals surface area contributed by atoms with Gasteiger partial charge in [0.05, 0.1) is 5.92 Å². The zero-order valence-electron chi connectivity index (χ0n) is 9.49. The first-order chi connectivity index (χ1) is 6.54. The molecule has 3 atom stereocenters. The van der Waals surface area contributed by atoms with Crippen LogP contribution in [0.15, 0.2) is 0 Å². The molecule has 1 aliphatic carbocycles. The lowest BCUT2D eigenvalue weighted by molar-refractivity contribution is -0.146. The first kappa shape index (κ1) is 11.5. The first-order valence-corrected chi connectivity index (χ1v) is 5.76. The van der Waals surface area contributed by atoms with Crippen molar-refractivity contribution in [3.05, 3.63) is 0 Å². The highest BCUT2D eigenvalue weighted by atomic mass is 16.4. The third-order valence-corrected chi connectivity index (χ3v) is 3.86. The number of aliphatic carboxylic acids is 1. The van der Waals surface area contributed by atoms with Crippen molar-refractivity contribution in [2.24, 2.45) is 23.7 Å². The van der Waals surface area contributed by atoms with Gasteiger partial charge >= 0.3 is 5.97 Å². The predicted octanol–water partition coefficient (Wildman–Crippen LogP) is 3.17. The second-order valence-electron chi connectivity index (χ2n) is 5.00. The molecule has 3 unspecified atom stereocenters. The summed E-state index contributed by atoms with van der Waals surface area (Å²) < 4.78 is 0. The first-order valence-electron chi connectivity index (χ1n) is 5.76. The number of rotatable bonds is 3. The van der Waals surface area contributed by atoms with Gasteiger partial charge in [-0.3, -0.25) is 4.79 Å². The van der Waals surface area contributed by atoms with E-state index in [0.29, 0.717) is 17.8 Å². The molecule has 1 N–H and O–H groups in total. The van der Waals surface area contributed by atoms with Crippen molar-refractivity contribution in [3.8, 4) is 0 Å². The topological polar surface area (TPSA) is 37.3 Å². The van der Waals surface area contributed by atoms with Gasteiger partial charge in [0.15, 0.2) is 0 Å². The van der Waals surface area contributed by atoms with Crippen molar-refractivity contribution in [2.75, 3.05) is 0 Å². The Bertz CT molecular complexity index is 198. The van der Waals surface area contributed by atoms with Crippen LogP contribution in [0.3, 0.4) is 0 Å². The Morgan fingerprint density at radius 1 is 1.21 bits per heavy atom. The minimum Gasteiger partial charge on any atom is -0.481 e. The highest BCUT2D eigenvalue weighted by molar-refractivity contribution is 5.70. The van der Waals surface area contributed by atoms with E-state index in [9.17, 15) is 4.79 Å². The van der Waals surface area contributed by atoms with Crippen molar-refractivity contribution < 1.29 is 9.90 Å². The van der Waals surface area contributed by atoms with Crippen LogP contribution in [-0.2, 0) is 4.79 Å². The van der Waals surface area contributed by atoms with Gasteiger partial charge in [-0.1, -0.05) is 33.6 Å². The molecule has 1 saturated carbocycles. The van der Waals surface area contributed by atoms with E-state index in [1.54, 1.807) is 0 Å². The van der Waals surface area contributed by atoms with Crippen LogP contribution >= 0.6 is 0 Å². The molecule has 0 saturated heterocycles. The van der Waals surface area contributed by atoms with E-state index in [1.165, 1.54) is 6.42 Å². The summed E-state index contributed by atoms with van der Waals surface area (Å²) in [5, 5.41) is 9.14. The van der Waals surface area contributed by atoms with Crippen LogP contribution in [-0.4, -0.2) is 11.1 Å². The fraction of sp³-hybridized carbons (Fsp3) is 0.917. The van der Waals surface area contributed by atoms with Crippen LogP contribution < -0.4 is 0 Å². The number of hydrogen-bond acceptors (Lipinski definition) is 1. The Hall–Kier alpha value is -0.530. The number of carboxylic acid groups (broad SMARTS) is 1. The van der Waals surface area contributed by atoms with Gasteiger partial charge in [0, 0.05) is 0 Å². The second-order valence-corrected chi connectivity index (χ2v) is 5.00. The molecule has 0 aliphatic heterocycles. The summed E-state index contributed by atoms with van der Waals surface area (Å²) in [5.41, 5.74) is 0. The number of carboxylic acids is 1. The molecular weight excluding hydrogens is 176 g/mol. The van der Waals surface area contributed by atoms with Gasteiger partial charge in [0.1, 0.15) is 0 Å². The van der Waals surface area contributed by atoms with E-state index >= 15 is 0 Å². The van der Waals surface area contributed by atoms with Crippen LogP contribution in [0.5, 0.6) is 0 Å². The normalized spacial score (nSPS) is 30.3. The standard InChI is InChI=1S/C12H22O2/c1-8(2)9(3)10-6-4-5-7-11(10)12(13)14/h8-11H,4-7H2,1-3H3,(H,13,14). The predicted molar refractivity (Wildman–Crippen MR) is 57.1 cm³/mol. The van der Waals surface area contributed by atoms with Crippen molar-refractivity contribution >= 4 is 5.97 Å². The molecular formula is C12H22O2. The molecule has 1 rings (SSSR count). The van der Waals surface area contributed by atoms with Crippen molar-refractivity contribution in [3.63, 3.8) is 0 Å². The molecule has 14 heavy (non-hydrogen) atoms. The van der Waals surface area contributed by atoms with Crippen LogP contribution in [0.2, 0.25) is 0 Å². The molecule has 0 bridgehead atoms. The van der Waals surface area contributed by atoms with Crippen molar-refractivity contribution in [2.45, 2.75) is 46.5 Å². The average Bonchev–Trinajstić information content (AvgIpc) is 2.16. The molecule has 2 heteroatoms. The van der Waals surface area contributed by atoms with E-state index in [1.807, 2.05) is 0 Å². The Morgan fingerprint density at radius 3 is 2.29 bits per heavy atom. The van der Waals surface area contributed by atoms with E-state index in [2.05, 4.69) is 20.8 Å². The third-order valence-electron chi connectivity index (χ3n) is 3.86. The Kier molecular flexibility index (Phi) is 3.97. The van der Waals surface area contributed by atoms with Crippen LogP contribution in [0, 0.1) is 23.7 Å². The minimum absolute atomic E-state index is 0.0823. The van der Waals surface area contributed by atoms with E-state index in [0.717, 1.165) is 19.3 Å². The zero-order valence-corrected chi connectivity index (χ0v) is 9.49. The Balaban J connectivity index is 2.67. The smallest absolute Gasteiger partial charge is 0.306 e. The molecule has 0 aromatic rings. The fourth-order valence-electron chi connectivity index (χ4n) is 2.59. The molecule has 0 aromatic carbocycles. The maximum Gasteiger partial charge on any atom is 0.306 e. The SMILES string of the molecule is CC(C)C(C)C1CCCCC1C(=O)O. The molecule has 0 radical (unpaired) electrons. The highest BCUT2D eigenvalue weighted by Crippen LogP contribution is 2.38. The molecule has 82 valence electrons. The minimum atomic E-state index is -0.581. The van der Waals surface area contributed by atoms with Gasteiger partial charge in [-0.2, -0.15) is 0 Å². The largest absolute Gasteiger partial charge is 0.481 e. The fourth-order valence-corrected chi connectivity index (χ4v) is 2.59. The van der Waals surface area contributed by atoms with Gasteiger partial charge in [-0.15, -0.1) is 0 Å². The van der Waals surface area contributed by atoms with E-state index in [4.69, 9.17) is 5.11 Å². The second kappa shape index (κ2) is 4.81. The lowest BCUT2D eigenvalue weighted by Gasteiger charge is -2.35. The van der Waals surface area contributed by atoms with Crippen LogP contribution in [0.1, 0.15) is 46.5 Å². The maximum absolute atomic E-state index is 11.1. The average molecular weight is 198 g/mol. The third kappa shape index (κ3) is 2.49. The van der Waals surface area contributed by atoms with Gasteiger partial charge in [0.2, 0.25) is 0 Å². The zero-order chi connectivity index (χ0) is 10.7. The van der Waals surface area contributed by atoms with Crippen LogP contribution in [0.4, 0.5) is 0 Å². The molecule has 2 nitrogen and oxygen atoms in total. The summed E-state index contributed by atoms with van der Waals surface area (Å²) in [4.78, 5) is 11.1. The van der Waals surface area contributed by atoms with E-state index in [-0.39, 0.29) is 5.92 Å². The Morgan fingerprint density at radius 2 is 1.79 bits per heavy atom. The molecule has 0 amide bonds. The highest BCUT2D eigenvalue weighted by Gasteiger charge is 2.34. The van der Waals surface area contributed by atoms with Crippen LogP contribution in [0.25, 0.3) is 0 Å². The Labute approximate surface area is 86.7 Å². The number of hydrogen-bond donors (Lipinski definition) is 1. The van der Waals surface area contributed by atoms with Crippen molar-refractivity contribution in [1.82, 2.24) is 0 Å². The quantitative estimate of drug-likeness (QED) is 0.756. The molecule has 1 aliphatic rings. The summed E-state index contributed by atoms with van der Waals surface area (Å²) >= 11 is 0. The lowest BCUT2D eigenvalue weighted by atomic mass is 9.70. The van der Waals surface area contributed by atoms with Gasteiger partial charge in [-0.25, -0.2) is 0 Å². The number of carbonyl (C=O) groups is 1.